The largest absolute Gasteiger partial charge is 1.00 e. The van der Waals surface area contributed by atoms with Crippen molar-refractivity contribution in [3.05, 3.63) is 10.1 Å². The predicted octanol–water partition coefficient (Wildman–Crippen LogP) is -2.75. The molecule has 0 amide bonds. The second kappa shape index (κ2) is 17.7. The molecule has 0 rings (SSSR count). The van der Waals surface area contributed by atoms with Crippen molar-refractivity contribution < 1.29 is 68.2 Å². The number of nitrogens with zero attached hydrogens (tertiary/aromatic N) is 1. The van der Waals surface area contributed by atoms with Crippen molar-refractivity contribution in [1.82, 2.24) is 0 Å². The molecular weight excluding hydrogens is 144 g/mol. The molecule has 0 unspecified atom stereocenters. The van der Waals surface area contributed by atoms with Crippen LogP contribution >= 0.6 is 0 Å². The van der Waals surface area contributed by atoms with E-state index in [0.29, 0.717) is 0 Å². The maximum atomic E-state index is 8.00. The van der Waals surface area contributed by atoms with E-state index in [1.807, 2.05) is 0 Å². The Morgan fingerprint density at radius 3 is 1.60 bits per heavy atom. The zero-order valence-corrected chi connectivity index (χ0v) is 6.76. The molecule has 0 spiro atoms. The van der Waals surface area contributed by atoms with E-state index in [-0.39, 0.29) is 68.2 Å². The molecule has 0 saturated heterocycles. The standard InChI is InChI=1S/Co.K.HNO2/c;;2-1-3/h;;(H,2,3)/q;+1;/p-1. The van der Waals surface area contributed by atoms with E-state index in [0.717, 1.165) is 5.34 Å². The molecule has 0 saturated carbocycles. The summed E-state index contributed by atoms with van der Waals surface area (Å²) in [6, 6.07) is 0. The first kappa shape index (κ1) is 16.0. The van der Waals surface area contributed by atoms with Crippen LogP contribution in [0.15, 0.2) is 5.34 Å². The fourth-order valence-electron chi connectivity index (χ4n) is 0. The number of hydrogen-bond donors (Lipinski definition) is 0. The van der Waals surface area contributed by atoms with E-state index in [4.69, 9.17) is 10.1 Å². The molecule has 5 heteroatoms. The van der Waals surface area contributed by atoms with Crippen LogP contribution in [0.25, 0.3) is 0 Å². The molecule has 0 bridgehead atoms. The third-order valence-electron chi connectivity index (χ3n) is 0. The number of rotatable bonds is 0. The summed E-state index contributed by atoms with van der Waals surface area (Å²) in [5, 5.41) is 9.00. The summed E-state index contributed by atoms with van der Waals surface area (Å²) < 4.78 is 0. The van der Waals surface area contributed by atoms with Gasteiger partial charge in [0.1, 0.15) is 0 Å². The molecule has 5 heavy (non-hydrogen) atoms. The third-order valence-corrected chi connectivity index (χ3v) is 0. The molecule has 3 nitrogen and oxygen atoms in total. The molecule has 0 N–H and O–H groups in total. The van der Waals surface area contributed by atoms with Gasteiger partial charge in [-0.2, -0.15) is 0 Å². The Morgan fingerprint density at radius 1 is 1.60 bits per heavy atom. The maximum Gasteiger partial charge on any atom is 1.00 e. The van der Waals surface area contributed by atoms with E-state index in [1.165, 1.54) is 0 Å². The summed E-state index contributed by atoms with van der Waals surface area (Å²) in [6.07, 6.45) is 0. The van der Waals surface area contributed by atoms with Gasteiger partial charge in [-0.1, -0.05) is 0 Å². The van der Waals surface area contributed by atoms with Crippen molar-refractivity contribution in [1.29, 1.82) is 0 Å². The Bertz CT molecular complexity index is 17.1. The van der Waals surface area contributed by atoms with Crippen LogP contribution in [0.4, 0.5) is 0 Å². The van der Waals surface area contributed by atoms with E-state index >= 15 is 0 Å². The van der Waals surface area contributed by atoms with Crippen LogP contribution in [-0.2, 0) is 16.8 Å². The maximum absolute atomic E-state index is 8.00. The minimum atomic E-state index is 0. The van der Waals surface area contributed by atoms with Crippen molar-refractivity contribution in [2.75, 3.05) is 0 Å². The monoisotopic (exact) mass is 144 g/mol. The van der Waals surface area contributed by atoms with Crippen molar-refractivity contribution >= 4 is 0 Å². The fourth-order valence-corrected chi connectivity index (χ4v) is 0. The van der Waals surface area contributed by atoms with E-state index < -0.39 is 0 Å². The third kappa shape index (κ3) is 29.2. The molecule has 0 aromatic rings. The van der Waals surface area contributed by atoms with Gasteiger partial charge in [0.25, 0.3) is 0 Å². The van der Waals surface area contributed by atoms with Gasteiger partial charge in [0.15, 0.2) is 0 Å². The first-order chi connectivity index (χ1) is 1.41. The zero-order chi connectivity index (χ0) is 2.71. The average molecular weight is 144 g/mol. The summed E-state index contributed by atoms with van der Waals surface area (Å²) >= 11 is 0. The molecule has 0 atom stereocenters. The van der Waals surface area contributed by atoms with Crippen molar-refractivity contribution in [3.8, 4) is 0 Å². The Balaban J connectivity index is -0.0000000200. The first-order valence-corrected chi connectivity index (χ1v) is 0.365. The van der Waals surface area contributed by atoms with Gasteiger partial charge in [0, 0.05) is 16.8 Å². The Kier molecular flexibility index (Phi) is 56.7. The van der Waals surface area contributed by atoms with Gasteiger partial charge in [-0.05, 0) is 0 Å². The minimum absolute atomic E-state index is 0. The predicted molar refractivity (Wildman–Crippen MR) is 9.16 cm³/mol. The van der Waals surface area contributed by atoms with Gasteiger partial charge >= 0.3 is 51.4 Å². The Labute approximate surface area is 82.1 Å². The van der Waals surface area contributed by atoms with Gasteiger partial charge in [-0.3, -0.25) is 0 Å². The van der Waals surface area contributed by atoms with Gasteiger partial charge in [-0.15, -0.1) is 5.34 Å². The van der Waals surface area contributed by atoms with E-state index in [9.17, 15) is 0 Å². The SMILES string of the molecule is O=N[O-].[Co].[K+]. The summed E-state index contributed by atoms with van der Waals surface area (Å²) in [7, 11) is 0. The van der Waals surface area contributed by atoms with Crippen LogP contribution in [0, 0.1) is 10.1 Å². The first-order valence-electron chi connectivity index (χ1n) is 0.365. The van der Waals surface area contributed by atoms with Gasteiger partial charge in [-0.25, -0.2) is 0 Å². The van der Waals surface area contributed by atoms with Crippen molar-refractivity contribution in [2.24, 2.45) is 5.34 Å². The van der Waals surface area contributed by atoms with Gasteiger partial charge in [0.2, 0.25) is 0 Å². The topological polar surface area (TPSA) is 52.5 Å². The van der Waals surface area contributed by atoms with Crippen LogP contribution in [0.1, 0.15) is 0 Å². The van der Waals surface area contributed by atoms with Gasteiger partial charge in [0.05, 0.1) is 0 Å². The molecule has 1 radical (unpaired) electrons. The van der Waals surface area contributed by atoms with Gasteiger partial charge < -0.3 is 10.1 Å². The molecule has 0 aliphatic heterocycles. The molecule has 0 aliphatic rings. The Morgan fingerprint density at radius 2 is 1.60 bits per heavy atom. The summed E-state index contributed by atoms with van der Waals surface area (Å²) in [5.41, 5.74) is 0. The normalized spacial score (nSPS) is 2.40. The van der Waals surface area contributed by atoms with Crippen LogP contribution in [0.5, 0.6) is 0 Å². The van der Waals surface area contributed by atoms with Crippen LogP contribution in [0.2, 0.25) is 0 Å². The fraction of sp³-hybridized carbons (Fsp3) is 0. The summed E-state index contributed by atoms with van der Waals surface area (Å²) in [4.78, 5) is 8.00. The van der Waals surface area contributed by atoms with E-state index in [1.54, 1.807) is 0 Å². The molecule has 0 heterocycles. The van der Waals surface area contributed by atoms with Crippen LogP contribution in [-0.4, -0.2) is 0 Å². The Hall–Kier alpha value is 1.54. The smallest absolute Gasteiger partial charge is 0.444 e. The average Bonchev–Trinajstić information content (AvgIpc) is 0.918. The second-order valence-electron chi connectivity index (χ2n) is 0.0745. The second-order valence-corrected chi connectivity index (χ2v) is 0.0745. The van der Waals surface area contributed by atoms with Crippen LogP contribution in [0.3, 0.4) is 0 Å². The summed E-state index contributed by atoms with van der Waals surface area (Å²) in [5.74, 6) is 0. The van der Waals surface area contributed by atoms with Crippen molar-refractivity contribution in [3.63, 3.8) is 0 Å². The molecule has 0 aromatic carbocycles. The van der Waals surface area contributed by atoms with E-state index in [2.05, 4.69) is 0 Å². The molecule has 0 fully saturated rings. The molecule has 0 aliphatic carbocycles. The van der Waals surface area contributed by atoms with Crippen molar-refractivity contribution in [2.45, 2.75) is 0 Å². The molecular formula is CoKNO2. The zero-order valence-electron chi connectivity index (χ0n) is 2.60. The quantitative estimate of drug-likeness (QED) is 0.210. The van der Waals surface area contributed by atoms with Crippen LogP contribution < -0.4 is 51.4 Å². The number of hydrogen-bond acceptors (Lipinski definition) is 3. The molecule has 27 valence electrons. The minimum Gasteiger partial charge on any atom is -0.444 e. The summed E-state index contributed by atoms with van der Waals surface area (Å²) in [6.45, 7) is 0. The molecule has 0 aromatic heterocycles.